The number of rotatable bonds is 2. The summed E-state index contributed by atoms with van der Waals surface area (Å²) in [7, 11) is 0. The highest BCUT2D eigenvalue weighted by molar-refractivity contribution is 6.14. The van der Waals surface area contributed by atoms with Crippen molar-refractivity contribution in [1.29, 1.82) is 0 Å². The third-order valence-electron chi connectivity index (χ3n) is 5.97. The van der Waals surface area contributed by atoms with Crippen LogP contribution in [0.2, 0.25) is 0 Å². The van der Waals surface area contributed by atoms with Crippen LogP contribution in [0.4, 0.5) is 10.1 Å². The summed E-state index contributed by atoms with van der Waals surface area (Å²) < 4.78 is 25.2. The van der Waals surface area contributed by atoms with Gasteiger partial charge < -0.3 is 14.5 Å². The van der Waals surface area contributed by atoms with Gasteiger partial charge in [0.25, 0.3) is 5.91 Å². The number of benzene rings is 2. The van der Waals surface area contributed by atoms with Crippen molar-refractivity contribution in [3.8, 4) is 5.75 Å². The predicted molar refractivity (Wildman–Crippen MR) is 106 cm³/mol. The highest BCUT2D eigenvalue weighted by Gasteiger charge is 2.43. The maximum Gasteiger partial charge on any atom is 0.291 e. The largest absolute Gasteiger partial charge is 0.486 e. The summed E-state index contributed by atoms with van der Waals surface area (Å²) in [6, 6.07) is 9.01. The fraction of sp³-hybridized carbons (Fsp3) is 0.304. The molecule has 5 nitrogen and oxygen atoms in total. The van der Waals surface area contributed by atoms with Gasteiger partial charge in [0.1, 0.15) is 22.8 Å². The number of amides is 1. The van der Waals surface area contributed by atoms with E-state index < -0.39 is 5.91 Å². The third kappa shape index (κ3) is 2.90. The zero-order chi connectivity index (χ0) is 20.2. The van der Waals surface area contributed by atoms with Gasteiger partial charge in [-0.25, -0.2) is 4.39 Å². The lowest BCUT2D eigenvalue weighted by Crippen LogP contribution is -2.39. The van der Waals surface area contributed by atoms with Gasteiger partial charge in [-0.05, 0) is 69.0 Å². The quantitative estimate of drug-likeness (QED) is 0.632. The Morgan fingerprint density at radius 3 is 2.55 bits per heavy atom. The molecule has 3 aromatic rings. The molecular formula is C23H20FNO4. The Labute approximate surface area is 166 Å². The van der Waals surface area contributed by atoms with E-state index in [-0.39, 0.29) is 23.0 Å². The summed E-state index contributed by atoms with van der Waals surface area (Å²) in [5.41, 5.74) is 1.65. The van der Waals surface area contributed by atoms with Gasteiger partial charge in [0.05, 0.1) is 12.0 Å². The number of Topliss-reactive ketones (excluding diaryl/α,β-unsaturated/α-hetero) is 1. The first-order valence-corrected chi connectivity index (χ1v) is 9.81. The van der Waals surface area contributed by atoms with Crippen molar-refractivity contribution in [2.45, 2.75) is 44.6 Å². The van der Waals surface area contributed by atoms with Crippen molar-refractivity contribution < 1.29 is 23.1 Å². The van der Waals surface area contributed by atoms with E-state index in [1.54, 1.807) is 19.1 Å². The van der Waals surface area contributed by atoms with Gasteiger partial charge >= 0.3 is 0 Å². The predicted octanol–water partition coefficient (Wildman–Crippen LogP) is 5.41. The summed E-state index contributed by atoms with van der Waals surface area (Å²) in [6.07, 6.45) is 4.30. The molecule has 5 rings (SSSR count). The molecule has 1 N–H and O–H groups in total. The summed E-state index contributed by atoms with van der Waals surface area (Å²) in [5.74, 6) is -0.0894. The normalized spacial score (nSPS) is 17.4. The van der Waals surface area contributed by atoms with Crippen molar-refractivity contribution in [2.24, 2.45) is 0 Å². The highest BCUT2D eigenvalue weighted by atomic mass is 19.1. The molecule has 2 heterocycles. The Balaban J connectivity index is 1.54. The van der Waals surface area contributed by atoms with E-state index in [2.05, 4.69) is 5.32 Å². The number of ether oxygens (including phenoxy) is 1. The molecule has 1 aromatic heterocycles. The standard InChI is InChI=1S/C23H20FNO4/c1-13-19-17(28-21(13)22(27)25-15-6-4-14(24)5-7-15)8-9-18-20(19)16(26)12-23(29-18)10-2-3-11-23/h4-9H,2-3,10-12H2,1H3,(H,25,27). The number of hydrogen-bond donors (Lipinski definition) is 1. The van der Waals surface area contributed by atoms with E-state index in [4.69, 9.17) is 9.15 Å². The molecule has 1 aliphatic heterocycles. The minimum Gasteiger partial charge on any atom is -0.486 e. The molecule has 2 aliphatic rings. The van der Waals surface area contributed by atoms with Crippen molar-refractivity contribution >= 4 is 28.3 Å². The topological polar surface area (TPSA) is 68.5 Å². The molecule has 1 saturated carbocycles. The van der Waals surface area contributed by atoms with Crippen LogP contribution in [0.15, 0.2) is 40.8 Å². The summed E-state index contributed by atoms with van der Waals surface area (Å²) >= 11 is 0. The zero-order valence-corrected chi connectivity index (χ0v) is 16.0. The number of nitrogens with one attached hydrogen (secondary N) is 1. The van der Waals surface area contributed by atoms with Crippen LogP contribution < -0.4 is 10.1 Å². The molecule has 1 fully saturated rings. The van der Waals surface area contributed by atoms with Gasteiger partial charge in [-0.3, -0.25) is 9.59 Å². The van der Waals surface area contributed by atoms with Crippen LogP contribution in [0.3, 0.4) is 0 Å². The summed E-state index contributed by atoms with van der Waals surface area (Å²) in [6.45, 7) is 1.76. The van der Waals surface area contributed by atoms with Crippen molar-refractivity contribution in [3.63, 3.8) is 0 Å². The molecule has 0 atom stereocenters. The monoisotopic (exact) mass is 393 g/mol. The minimum absolute atomic E-state index is 0.0353. The van der Waals surface area contributed by atoms with E-state index >= 15 is 0 Å². The number of ketones is 1. The van der Waals surface area contributed by atoms with E-state index in [1.165, 1.54) is 24.3 Å². The van der Waals surface area contributed by atoms with E-state index in [0.29, 0.717) is 40.0 Å². The Hall–Kier alpha value is -3.15. The lowest BCUT2D eigenvalue weighted by atomic mass is 9.87. The third-order valence-corrected chi connectivity index (χ3v) is 5.97. The molecule has 29 heavy (non-hydrogen) atoms. The maximum atomic E-state index is 13.1. The number of aryl methyl sites for hydroxylation is 1. The number of anilines is 1. The van der Waals surface area contributed by atoms with Gasteiger partial charge in [0, 0.05) is 16.6 Å². The van der Waals surface area contributed by atoms with Crippen molar-refractivity contribution in [1.82, 2.24) is 0 Å². The molecule has 0 unspecified atom stereocenters. The number of fused-ring (bicyclic) bond motifs is 3. The lowest BCUT2D eigenvalue weighted by molar-refractivity contribution is 0.0454. The van der Waals surface area contributed by atoms with E-state index in [0.717, 1.165) is 25.7 Å². The molecule has 2 aromatic carbocycles. The van der Waals surface area contributed by atoms with Gasteiger partial charge in [0.2, 0.25) is 0 Å². The second kappa shape index (κ2) is 6.44. The number of carbonyl (C=O) groups is 2. The molecule has 0 radical (unpaired) electrons. The number of furan rings is 1. The molecule has 0 saturated heterocycles. The van der Waals surface area contributed by atoms with E-state index in [1.807, 2.05) is 0 Å². The van der Waals surface area contributed by atoms with Crippen LogP contribution in [0.5, 0.6) is 5.75 Å². The zero-order valence-electron chi connectivity index (χ0n) is 16.0. The number of carbonyl (C=O) groups excluding carboxylic acids is 2. The molecule has 1 spiro atoms. The van der Waals surface area contributed by atoms with Crippen LogP contribution >= 0.6 is 0 Å². The Kier molecular flexibility index (Phi) is 3.98. The van der Waals surface area contributed by atoms with Gasteiger partial charge in [0.15, 0.2) is 11.5 Å². The van der Waals surface area contributed by atoms with Crippen LogP contribution in [0.25, 0.3) is 11.0 Å². The van der Waals surface area contributed by atoms with Crippen LogP contribution in [-0.2, 0) is 0 Å². The summed E-state index contributed by atoms with van der Waals surface area (Å²) in [5, 5.41) is 3.33. The molecule has 6 heteroatoms. The van der Waals surface area contributed by atoms with Crippen LogP contribution in [-0.4, -0.2) is 17.3 Å². The van der Waals surface area contributed by atoms with E-state index in [9.17, 15) is 14.0 Å². The molecule has 1 aliphatic carbocycles. The van der Waals surface area contributed by atoms with Crippen LogP contribution in [0.1, 0.15) is 58.6 Å². The first-order chi connectivity index (χ1) is 14.0. The molecule has 148 valence electrons. The lowest BCUT2D eigenvalue weighted by Gasteiger charge is -2.34. The number of halogens is 1. The Bertz CT molecular complexity index is 1140. The fourth-order valence-corrected chi connectivity index (χ4v) is 4.57. The smallest absolute Gasteiger partial charge is 0.291 e. The Morgan fingerprint density at radius 1 is 1.10 bits per heavy atom. The average molecular weight is 393 g/mol. The average Bonchev–Trinajstić information content (AvgIpc) is 3.28. The molecule has 0 bridgehead atoms. The van der Waals surface area contributed by atoms with Crippen molar-refractivity contribution in [2.75, 3.05) is 5.32 Å². The molecular weight excluding hydrogens is 373 g/mol. The number of hydrogen-bond acceptors (Lipinski definition) is 4. The SMILES string of the molecule is Cc1c(C(=O)Nc2ccc(F)cc2)oc2ccc3c(c12)C(=O)CC1(CCCC1)O3. The summed E-state index contributed by atoms with van der Waals surface area (Å²) in [4.78, 5) is 25.8. The maximum absolute atomic E-state index is 13.1. The van der Waals surface area contributed by atoms with Gasteiger partial charge in [-0.15, -0.1) is 0 Å². The van der Waals surface area contributed by atoms with Crippen LogP contribution in [0, 0.1) is 12.7 Å². The first-order valence-electron chi connectivity index (χ1n) is 9.81. The second-order valence-corrected chi connectivity index (χ2v) is 7.92. The molecule has 1 amide bonds. The second-order valence-electron chi connectivity index (χ2n) is 7.92. The Morgan fingerprint density at radius 2 is 1.83 bits per heavy atom. The van der Waals surface area contributed by atoms with Crippen molar-refractivity contribution in [3.05, 3.63) is 59.1 Å². The fourth-order valence-electron chi connectivity index (χ4n) is 4.57. The minimum atomic E-state index is -0.449. The van der Waals surface area contributed by atoms with Gasteiger partial charge in [-0.1, -0.05) is 0 Å². The van der Waals surface area contributed by atoms with Gasteiger partial charge in [-0.2, -0.15) is 0 Å². The first kappa shape index (κ1) is 17.9. The highest BCUT2D eigenvalue weighted by Crippen LogP contribution is 2.46.